The monoisotopic (exact) mass is 1050 g/mol. The number of urea groups is 1. The van der Waals surface area contributed by atoms with Gasteiger partial charge in [-0.1, -0.05) is 90.3 Å². The maximum atomic E-state index is 15.7. The van der Waals surface area contributed by atoms with Crippen LogP contribution >= 0.6 is 23.5 Å². The van der Waals surface area contributed by atoms with Gasteiger partial charge in [-0.05, 0) is 69.4 Å². The number of carbonyl (C=O) groups is 5. The molecule has 0 spiro atoms. The number of nitrogens with one attached hydrogen (secondary N) is 5. The molecule has 1 aliphatic carbocycles. The van der Waals surface area contributed by atoms with Crippen molar-refractivity contribution in [3.63, 3.8) is 0 Å². The van der Waals surface area contributed by atoms with Gasteiger partial charge in [-0.15, -0.1) is 23.5 Å². The van der Waals surface area contributed by atoms with Gasteiger partial charge in [0.25, 0.3) is 0 Å². The Morgan fingerprint density at radius 3 is 1.97 bits per heavy atom. The topological polar surface area (TPSA) is 229 Å². The van der Waals surface area contributed by atoms with Crippen molar-refractivity contribution >= 4 is 64.6 Å². The number of anilines is 2. The van der Waals surface area contributed by atoms with Gasteiger partial charge < -0.3 is 56.4 Å². The Bertz CT molecular complexity index is 2170. The molecule has 1 saturated carbocycles. The maximum absolute atomic E-state index is 15.7. The molecule has 2 bridgehead atoms. The minimum Gasteiger partial charge on any atom is -0.485 e. The zero-order valence-corrected chi connectivity index (χ0v) is 44.3. The maximum Gasteiger partial charge on any atom is 0.343 e. The number of nitrogens with two attached hydrogens (primary N) is 1. The summed E-state index contributed by atoms with van der Waals surface area (Å²) in [6.07, 6.45) is 11.4. The Labute approximate surface area is 431 Å². The van der Waals surface area contributed by atoms with Crippen molar-refractivity contribution in [3.8, 4) is 5.75 Å². The molecule has 1 saturated heterocycles. The van der Waals surface area contributed by atoms with Crippen LogP contribution in [0.2, 0.25) is 0 Å². The van der Waals surface area contributed by atoms with Crippen molar-refractivity contribution < 1.29 is 56.8 Å². The van der Waals surface area contributed by atoms with Gasteiger partial charge in [-0.25, -0.2) is 18.4 Å². The third-order valence-corrected chi connectivity index (χ3v) is 18.0. The van der Waals surface area contributed by atoms with Crippen LogP contribution in [0.3, 0.4) is 0 Å². The number of carbonyl (C=O) groups excluding carboxylic acids is 4. The highest BCUT2D eigenvalue weighted by atomic mass is 32.2. The molecule has 3 heterocycles. The molecular formula is C52H76F2N6O10S2. The van der Waals surface area contributed by atoms with Crippen LogP contribution in [0.5, 0.6) is 5.75 Å². The van der Waals surface area contributed by atoms with Gasteiger partial charge in [-0.3, -0.25) is 14.4 Å². The smallest absolute Gasteiger partial charge is 0.343 e. The Balaban J connectivity index is 1.03. The molecule has 5 amide bonds. The quantitative estimate of drug-likeness (QED) is 0.0418. The molecule has 5 atom stereocenters. The molecule has 0 aromatic heterocycles. The van der Waals surface area contributed by atoms with Crippen LogP contribution in [-0.2, 0) is 33.4 Å². The van der Waals surface area contributed by atoms with E-state index in [9.17, 15) is 29.1 Å². The number of aliphatic carboxylic acids is 1. The van der Waals surface area contributed by atoms with E-state index in [-0.39, 0.29) is 81.5 Å². The standard InChI is InChI=1S/C52H76F2N6O10S2/c1-7-40-52(50(5)21-13-11-9-8-10-12-14-22-50)51(6,45(72-52)44(71-40)48(64)65)60-36-30-37(53)43(38(54)31-36)70-29-28-68-25-24-67-26-27-69-32-41(61)59-42(33(2)3)47(63)58-39(16-15-23-56-49(55)66)46(62)57-35-19-17-34(4)18-20-35/h17-20,30-31,33,39-40,42,60H,7-16,21-29,32H2,1-6H3,(H,57,62)(H,58,63)(H,59,61)(H,64,65)(H3,55,56,66)/t39-,40?,42?,51?,52?/m0/s1. The normalized spacial score (nSPS) is 21.7. The molecule has 4 aliphatic rings. The second kappa shape index (κ2) is 27.6. The fraction of sp³-hybridized carbons (Fsp3) is 0.635. The van der Waals surface area contributed by atoms with Crippen molar-refractivity contribution in [1.29, 1.82) is 0 Å². The van der Waals surface area contributed by atoms with Crippen molar-refractivity contribution in [1.82, 2.24) is 16.0 Å². The fourth-order valence-electron chi connectivity index (χ4n) is 10.2. The Kier molecular flexibility index (Phi) is 22.3. The van der Waals surface area contributed by atoms with Crippen molar-refractivity contribution in [2.24, 2.45) is 17.1 Å². The van der Waals surface area contributed by atoms with Gasteiger partial charge in [0, 0.05) is 40.2 Å². The van der Waals surface area contributed by atoms with Crippen LogP contribution in [0.1, 0.15) is 117 Å². The SMILES string of the molecule is CCC1SC(C(=O)O)=C2SC1(C1(C)CCCCCCCCC1)C2(C)Nc1cc(F)c(OCCOCCOCCOCC(=O)NC(C(=O)N[C@@H](CCCNC(N)=O)C(=O)Nc2ccc(C)cc2)C(C)C)c(F)c1. The van der Waals surface area contributed by atoms with Crippen LogP contribution in [0.25, 0.3) is 0 Å². The first-order valence-electron chi connectivity index (χ1n) is 25.3. The number of amides is 5. The van der Waals surface area contributed by atoms with E-state index in [2.05, 4.69) is 40.4 Å². The first-order chi connectivity index (χ1) is 34.3. The van der Waals surface area contributed by atoms with Crippen LogP contribution in [0, 0.1) is 29.9 Å². The lowest BCUT2D eigenvalue weighted by Gasteiger charge is -2.71. The number of fused-ring (bicyclic) bond motifs is 2. The molecule has 8 N–H and O–H groups in total. The number of carboxylic acid groups (broad SMARTS) is 1. The van der Waals surface area contributed by atoms with Gasteiger partial charge in [0.05, 0.1) is 43.3 Å². The summed E-state index contributed by atoms with van der Waals surface area (Å²) < 4.78 is 52.9. The number of rotatable bonds is 27. The molecule has 72 heavy (non-hydrogen) atoms. The minimum absolute atomic E-state index is 0.0206. The molecule has 0 radical (unpaired) electrons. The molecule has 20 heteroatoms. The highest BCUT2D eigenvalue weighted by Gasteiger charge is 2.74. The number of hydrogen-bond acceptors (Lipinski definition) is 12. The van der Waals surface area contributed by atoms with E-state index in [0.717, 1.165) is 50.5 Å². The summed E-state index contributed by atoms with van der Waals surface area (Å²) in [6.45, 7) is 12.1. The third kappa shape index (κ3) is 15.0. The third-order valence-electron chi connectivity index (χ3n) is 13.8. The van der Waals surface area contributed by atoms with Crippen molar-refractivity contribution in [2.45, 2.75) is 146 Å². The van der Waals surface area contributed by atoms with Crippen molar-refractivity contribution in [2.75, 3.05) is 63.4 Å². The first kappa shape index (κ1) is 58.3. The summed E-state index contributed by atoms with van der Waals surface area (Å²) in [7, 11) is 0. The van der Waals surface area contributed by atoms with Crippen LogP contribution in [-0.4, -0.2) is 115 Å². The average Bonchev–Trinajstić information content (AvgIpc) is 3.33. The van der Waals surface area contributed by atoms with E-state index >= 15 is 8.78 Å². The number of hydrogen-bond donors (Lipinski definition) is 7. The predicted molar refractivity (Wildman–Crippen MR) is 278 cm³/mol. The number of carboxylic acids is 1. The van der Waals surface area contributed by atoms with E-state index in [4.69, 9.17) is 24.7 Å². The van der Waals surface area contributed by atoms with Gasteiger partial charge >= 0.3 is 12.0 Å². The highest BCUT2D eigenvalue weighted by molar-refractivity contribution is 8.13. The van der Waals surface area contributed by atoms with Crippen LogP contribution in [0.4, 0.5) is 25.0 Å². The number of ether oxygens (including phenoxy) is 4. The summed E-state index contributed by atoms with van der Waals surface area (Å²) in [6, 6.07) is 6.95. The van der Waals surface area contributed by atoms with Gasteiger partial charge in [-0.2, -0.15) is 0 Å². The van der Waals surface area contributed by atoms with Gasteiger partial charge in [0.1, 0.15) is 30.2 Å². The van der Waals surface area contributed by atoms with E-state index < -0.39 is 69.5 Å². The van der Waals surface area contributed by atoms with Gasteiger partial charge in [0.15, 0.2) is 17.4 Å². The summed E-state index contributed by atoms with van der Waals surface area (Å²) in [4.78, 5) is 64.2. The fourth-order valence-corrected chi connectivity index (χ4v) is 14.1. The largest absolute Gasteiger partial charge is 0.485 e. The molecule has 400 valence electrons. The van der Waals surface area contributed by atoms with Crippen LogP contribution < -0.4 is 37.1 Å². The van der Waals surface area contributed by atoms with E-state index in [0.29, 0.717) is 21.9 Å². The van der Waals surface area contributed by atoms with Crippen LogP contribution in [0.15, 0.2) is 46.2 Å². The predicted octanol–water partition coefficient (Wildman–Crippen LogP) is 8.42. The Hall–Kier alpha value is -4.63. The second-order valence-corrected chi connectivity index (χ2v) is 22.1. The Morgan fingerprint density at radius 2 is 1.40 bits per heavy atom. The number of primary amides is 1. The number of thioether (sulfide) groups is 2. The second-order valence-electron chi connectivity index (χ2n) is 19.6. The van der Waals surface area contributed by atoms with E-state index in [1.807, 2.05) is 26.0 Å². The Morgan fingerprint density at radius 1 is 0.819 bits per heavy atom. The van der Waals surface area contributed by atoms with Gasteiger partial charge in [0.2, 0.25) is 17.7 Å². The molecule has 4 unspecified atom stereocenters. The molecule has 3 aliphatic heterocycles. The average molecular weight is 1050 g/mol. The summed E-state index contributed by atoms with van der Waals surface area (Å²) in [5.41, 5.74) is 5.92. The number of aryl methyl sites for hydroxylation is 1. The molecular weight excluding hydrogens is 971 g/mol. The summed E-state index contributed by atoms with van der Waals surface area (Å²) >= 11 is 3.11. The molecule has 2 fully saturated rings. The molecule has 2 aromatic carbocycles. The molecule has 2 aromatic rings. The number of halogens is 2. The summed E-state index contributed by atoms with van der Waals surface area (Å²) in [5.74, 6) is -5.20. The zero-order valence-electron chi connectivity index (χ0n) is 42.7. The van der Waals surface area contributed by atoms with E-state index in [1.165, 1.54) is 43.2 Å². The molecule has 16 nitrogen and oxygen atoms in total. The highest BCUT2D eigenvalue weighted by Crippen LogP contribution is 2.76. The zero-order chi connectivity index (χ0) is 52.5. The lowest BCUT2D eigenvalue weighted by Crippen LogP contribution is -2.76. The first-order valence-corrected chi connectivity index (χ1v) is 27.0. The van der Waals surface area contributed by atoms with E-state index in [1.54, 1.807) is 37.7 Å². The molecule has 6 rings (SSSR count). The van der Waals surface area contributed by atoms with Crippen molar-refractivity contribution in [3.05, 3.63) is 63.4 Å². The minimum atomic E-state index is -0.984. The summed E-state index contributed by atoms with van der Waals surface area (Å²) in [5, 5.41) is 24.5. The lowest BCUT2D eigenvalue weighted by atomic mass is 9.58. The lowest BCUT2D eigenvalue weighted by molar-refractivity contribution is -0.134. The number of benzene rings is 2.